The van der Waals surface area contributed by atoms with E-state index in [0.29, 0.717) is 17.8 Å². The highest BCUT2D eigenvalue weighted by atomic mass is 15.3. The summed E-state index contributed by atoms with van der Waals surface area (Å²) in [4.78, 5) is 23.7. The maximum Gasteiger partial charge on any atom is 0.255 e. The SMILES string of the molecule is CCC=Nc1nc(N=CCC)nc(N2CCNCC2)n1. The lowest BCUT2D eigenvalue weighted by Crippen LogP contribution is -2.44. The minimum Gasteiger partial charge on any atom is -0.338 e. The molecule has 7 nitrogen and oxygen atoms in total. The van der Waals surface area contributed by atoms with Gasteiger partial charge in [-0.2, -0.15) is 15.0 Å². The molecule has 0 unspecified atom stereocenters. The van der Waals surface area contributed by atoms with Crippen molar-refractivity contribution in [2.75, 3.05) is 31.1 Å². The smallest absolute Gasteiger partial charge is 0.255 e. The fourth-order valence-corrected chi connectivity index (χ4v) is 1.81. The minimum absolute atomic E-state index is 0.429. The molecule has 1 aliphatic heterocycles. The Morgan fingerprint density at radius 3 is 2.05 bits per heavy atom. The van der Waals surface area contributed by atoms with E-state index in [1.165, 1.54) is 0 Å². The summed E-state index contributed by atoms with van der Waals surface area (Å²) in [6.45, 7) is 7.70. The number of nitrogens with zero attached hydrogens (tertiary/aromatic N) is 6. The zero-order valence-electron chi connectivity index (χ0n) is 12.1. The maximum atomic E-state index is 4.41. The molecule has 1 N–H and O–H groups in total. The summed E-state index contributed by atoms with van der Waals surface area (Å²) < 4.78 is 0. The molecule has 0 aromatic carbocycles. The van der Waals surface area contributed by atoms with E-state index in [1.807, 2.05) is 13.8 Å². The summed E-state index contributed by atoms with van der Waals surface area (Å²) in [5, 5.41) is 3.31. The van der Waals surface area contributed by atoms with Crippen molar-refractivity contribution >= 4 is 30.3 Å². The second kappa shape index (κ2) is 7.64. The molecule has 1 aliphatic rings. The second-order valence-electron chi connectivity index (χ2n) is 4.41. The molecule has 2 rings (SSSR count). The third-order valence-corrected chi connectivity index (χ3v) is 2.78. The third-order valence-electron chi connectivity index (χ3n) is 2.78. The number of piperazine rings is 1. The van der Waals surface area contributed by atoms with Crippen LogP contribution in [0.3, 0.4) is 0 Å². The first-order valence-corrected chi connectivity index (χ1v) is 7.10. The third kappa shape index (κ3) is 4.06. The van der Waals surface area contributed by atoms with Crippen LogP contribution in [0.5, 0.6) is 0 Å². The average Bonchev–Trinajstić information content (AvgIpc) is 2.51. The first-order chi connectivity index (χ1) is 9.83. The zero-order chi connectivity index (χ0) is 14.2. The van der Waals surface area contributed by atoms with Gasteiger partial charge in [-0.15, -0.1) is 0 Å². The molecule has 1 fully saturated rings. The number of rotatable bonds is 5. The van der Waals surface area contributed by atoms with Gasteiger partial charge in [0.2, 0.25) is 5.95 Å². The van der Waals surface area contributed by atoms with Gasteiger partial charge in [-0.3, -0.25) is 0 Å². The highest BCUT2D eigenvalue weighted by Gasteiger charge is 2.15. The summed E-state index contributed by atoms with van der Waals surface area (Å²) in [6.07, 6.45) is 5.29. The summed E-state index contributed by atoms with van der Waals surface area (Å²) in [6, 6.07) is 0. The van der Waals surface area contributed by atoms with Crippen molar-refractivity contribution in [3.8, 4) is 0 Å². The Bertz CT molecular complexity index is 445. The van der Waals surface area contributed by atoms with Crippen molar-refractivity contribution in [2.45, 2.75) is 26.7 Å². The Morgan fingerprint density at radius 1 is 1.00 bits per heavy atom. The first kappa shape index (κ1) is 14.5. The van der Waals surface area contributed by atoms with E-state index < -0.39 is 0 Å². The molecule has 0 radical (unpaired) electrons. The van der Waals surface area contributed by atoms with Crippen molar-refractivity contribution in [3.05, 3.63) is 0 Å². The maximum absolute atomic E-state index is 4.41. The van der Waals surface area contributed by atoms with Crippen LogP contribution >= 0.6 is 0 Å². The molecule has 1 aromatic rings. The van der Waals surface area contributed by atoms with Gasteiger partial charge in [-0.1, -0.05) is 13.8 Å². The molecular weight excluding hydrogens is 254 g/mol. The fraction of sp³-hybridized carbons (Fsp3) is 0.615. The highest BCUT2D eigenvalue weighted by Crippen LogP contribution is 2.17. The van der Waals surface area contributed by atoms with Crippen molar-refractivity contribution in [1.82, 2.24) is 20.3 Å². The van der Waals surface area contributed by atoms with E-state index in [4.69, 9.17) is 0 Å². The number of nitrogens with one attached hydrogen (secondary N) is 1. The van der Waals surface area contributed by atoms with Crippen LogP contribution in [0, 0.1) is 0 Å². The molecule has 1 saturated heterocycles. The lowest BCUT2D eigenvalue weighted by atomic mass is 10.4. The normalized spacial score (nSPS) is 16.4. The number of aliphatic imine (C=N–C) groups is 2. The number of aromatic nitrogens is 3. The minimum atomic E-state index is 0.429. The number of hydrogen-bond donors (Lipinski definition) is 1. The molecule has 0 aliphatic carbocycles. The van der Waals surface area contributed by atoms with Crippen LogP contribution in [0.15, 0.2) is 9.98 Å². The van der Waals surface area contributed by atoms with Gasteiger partial charge in [0.05, 0.1) is 0 Å². The van der Waals surface area contributed by atoms with Crippen molar-refractivity contribution < 1.29 is 0 Å². The van der Waals surface area contributed by atoms with Crippen LogP contribution in [0.25, 0.3) is 0 Å². The molecule has 108 valence electrons. The Morgan fingerprint density at radius 2 is 1.55 bits per heavy atom. The number of hydrogen-bond acceptors (Lipinski definition) is 7. The summed E-state index contributed by atoms with van der Waals surface area (Å²) in [5.41, 5.74) is 0. The lowest BCUT2D eigenvalue weighted by molar-refractivity contribution is 0.579. The monoisotopic (exact) mass is 275 g/mol. The molecule has 20 heavy (non-hydrogen) atoms. The highest BCUT2D eigenvalue weighted by molar-refractivity contribution is 5.62. The van der Waals surface area contributed by atoms with Crippen LogP contribution < -0.4 is 10.2 Å². The van der Waals surface area contributed by atoms with Gasteiger partial charge in [-0.25, -0.2) is 9.98 Å². The summed E-state index contributed by atoms with van der Waals surface area (Å²) in [5.74, 6) is 1.52. The van der Waals surface area contributed by atoms with Crippen molar-refractivity contribution in [3.63, 3.8) is 0 Å². The van der Waals surface area contributed by atoms with Crippen LogP contribution in [0.2, 0.25) is 0 Å². The Labute approximate surface area is 119 Å². The molecule has 0 atom stereocenters. The molecule has 0 saturated carbocycles. The topological polar surface area (TPSA) is 78.7 Å². The van der Waals surface area contributed by atoms with E-state index in [9.17, 15) is 0 Å². The fourth-order valence-electron chi connectivity index (χ4n) is 1.81. The first-order valence-electron chi connectivity index (χ1n) is 7.10. The Balaban J connectivity index is 2.28. The molecule has 1 aromatic heterocycles. The van der Waals surface area contributed by atoms with Gasteiger partial charge >= 0.3 is 0 Å². The van der Waals surface area contributed by atoms with Gasteiger partial charge in [0.25, 0.3) is 11.9 Å². The predicted octanol–water partition coefficient (Wildman–Crippen LogP) is 1.51. The van der Waals surface area contributed by atoms with Gasteiger partial charge in [0.1, 0.15) is 0 Å². The Kier molecular flexibility index (Phi) is 5.55. The van der Waals surface area contributed by atoms with Crippen molar-refractivity contribution in [2.24, 2.45) is 9.98 Å². The van der Waals surface area contributed by atoms with Crippen LogP contribution in [0.4, 0.5) is 17.8 Å². The number of anilines is 1. The quantitative estimate of drug-likeness (QED) is 0.824. The van der Waals surface area contributed by atoms with E-state index in [2.05, 4.69) is 35.2 Å². The molecule has 0 amide bonds. The van der Waals surface area contributed by atoms with E-state index in [1.54, 1.807) is 12.4 Å². The summed E-state index contributed by atoms with van der Waals surface area (Å²) in [7, 11) is 0. The predicted molar refractivity (Wildman–Crippen MR) is 81.8 cm³/mol. The second-order valence-corrected chi connectivity index (χ2v) is 4.41. The molecule has 0 bridgehead atoms. The molecular formula is C13H21N7. The van der Waals surface area contributed by atoms with E-state index >= 15 is 0 Å². The molecule has 2 heterocycles. The average molecular weight is 275 g/mol. The van der Waals surface area contributed by atoms with Gasteiger partial charge in [0.15, 0.2) is 0 Å². The zero-order valence-corrected chi connectivity index (χ0v) is 12.1. The van der Waals surface area contributed by atoms with Crippen LogP contribution in [-0.2, 0) is 0 Å². The largest absolute Gasteiger partial charge is 0.338 e. The van der Waals surface area contributed by atoms with Gasteiger partial charge < -0.3 is 10.2 Å². The molecule has 0 spiro atoms. The van der Waals surface area contributed by atoms with Crippen LogP contribution in [0.1, 0.15) is 26.7 Å². The van der Waals surface area contributed by atoms with E-state index in [-0.39, 0.29) is 0 Å². The lowest BCUT2D eigenvalue weighted by Gasteiger charge is -2.27. The summed E-state index contributed by atoms with van der Waals surface area (Å²) >= 11 is 0. The standard InChI is InChI=1S/C13H21N7/c1-3-5-15-11-17-12(16-6-4-2)19-13(18-11)20-9-7-14-8-10-20/h5-6,14H,3-4,7-10H2,1-2H3. The van der Waals surface area contributed by atoms with Gasteiger partial charge in [0, 0.05) is 38.6 Å². The van der Waals surface area contributed by atoms with Gasteiger partial charge in [-0.05, 0) is 12.8 Å². The molecule has 7 heteroatoms. The van der Waals surface area contributed by atoms with E-state index in [0.717, 1.165) is 39.0 Å². The Hall–Kier alpha value is -1.89. The van der Waals surface area contributed by atoms with Crippen LogP contribution in [-0.4, -0.2) is 53.6 Å². The van der Waals surface area contributed by atoms with Crippen molar-refractivity contribution in [1.29, 1.82) is 0 Å².